The molecule has 0 saturated heterocycles. The van der Waals surface area contributed by atoms with Gasteiger partial charge in [0.1, 0.15) is 5.60 Å². The Morgan fingerprint density at radius 3 is 2.31 bits per heavy atom. The molecule has 2 unspecified atom stereocenters. The van der Waals surface area contributed by atoms with Crippen molar-refractivity contribution in [1.29, 1.82) is 0 Å². The highest BCUT2D eigenvalue weighted by atomic mass is 19.4. The summed E-state index contributed by atoms with van der Waals surface area (Å²) in [7, 11) is 2.01. The highest BCUT2D eigenvalue weighted by molar-refractivity contribution is 5.69. The van der Waals surface area contributed by atoms with Gasteiger partial charge < -0.3 is 10.0 Å². The van der Waals surface area contributed by atoms with E-state index in [9.17, 15) is 18.3 Å². The quantitative estimate of drug-likeness (QED) is 0.414. The first-order valence-corrected chi connectivity index (χ1v) is 12.3. The molecule has 0 heterocycles. The third kappa shape index (κ3) is 9.65. The molecule has 0 bridgehead atoms. The Morgan fingerprint density at radius 1 is 1.14 bits per heavy atom. The fraction of sp³-hybridized carbons (Fsp3) is 0.433. The van der Waals surface area contributed by atoms with Crippen molar-refractivity contribution in [2.45, 2.75) is 72.2 Å². The molecule has 2 aliphatic rings. The van der Waals surface area contributed by atoms with Crippen LogP contribution in [0.2, 0.25) is 0 Å². The monoisotopic (exact) mass is 502 g/mol. The fourth-order valence-electron chi connectivity index (χ4n) is 3.81. The van der Waals surface area contributed by atoms with Gasteiger partial charge in [0.05, 0.1) is 17.7 Å². The smallest absolute Gasteiger partial charge is 0.384 e. The Labute approximate surface area is 215 Å². The minimum Gasteiger partial charge on any atom is -0.384 e. The lowest BCUT2D eigenvalue weighted by molar-refractivity contribution is -0.163. The lowest BCUT2D eigenvalue weighted by Crippen LogP contribution is -2.30. The highest BCUT2D eigenvalue weighted by Crippen LogP contribution is 2.36. The minimum atomic E-state index is -4.08. The molecule has 36 heavy (non-hydrogen) atoms. The number of allylic oxidation sites excluding steroid dienone is 6. The van der Waals surface area contributed by atoms with E-state index in [4.69, 9.17) is 0 Å². The molecule has 3 nitrogen and oxygen atoms in total. The molecule has 0 saturated carbocycles. The molecular weight excluding hydrogens is 461 g/mol. The Balaban J connectivity index is 0.000000417. The summed E-state index contributed by atoms with van der Waals surface area (Å²) in [6.07, 6.45) is 9.97. The van der Waals surface area contributed by atoms with Gasteiger partial charge in [-0.05, 0) is 58.4 Å². The molecule has 1 aromatic rings. The van der Waals surface area contributed by atoms with Crippen LogP contribution in [0.15, 0.2) is 83.2 Å². The first-order valence-electron chi connectivity index (χ1n) is 12.3. The van der Waals surface area contributed by atoms with E-state index in [1.165, 1.54) is 29.7 Å². The zero-order valence-corrected chi connectivity index (χ0v) is 22.6. The van der Waals surface area contributed by atoms with Gasteiger partial charge in [-0.25, -0.2) is 0 Å². The molecule has 0 fully saturated rings. The van der Waals surface area contributed by atoms with E-state index in [1.54, 1.807) is 26.0 Å². The molecule has 0 amide bonds. The van der Waals surface area contributed by atoms with Crippen LogP contribution >= 0.6 is 0 Å². The second kappa shape index (κ2) is 14.0. The normalized spacial score (nSPS) is 19.7. The van der Waals surface area contributed by atoms with Crippen LogP contribution < -0.4 is 0 Å². The molecule has 0 aliphatic heterocycles. The zero-order chi connectivity index (χ0) is 27.5. The Morgan fingerprint density at radius 2 is 1.81 bits per heavy atom. The van der Waals surface area contributed by atoms with Crippen LogP contribution in [0.1, 0.15) is 58.6 Å². The van der Waals surface area contributed by atoms with Gasteiger partial charge in [-0.2, -0.15) is 13.2 Å². The van der Waals surface area contributed by atoms with E-state index in [0.29, 0.717) is 11.3 Å². The van der Waals surface area contributed by atoms with Gasteiger partial charge in [0.15, 0.2) is 0 Å². The summed E-state index contributed by atoms with van der Waals surface area (Å²) in [6, 6.07) is 8.80. The van der Waals surface area contributed by atoms with E-state index < -0.39 is 17.7 Å². The van der Waals surface area contributed by atoms with Gasteiger partial charge in [-0.3, -0.25) is 4.99 Å². The molecule has 3 rings (SSSR count). The first kappa shape index (κ1) is 31.2. The van der Waals surface area contributed by atoms with E-state index in [0.717, 1.165) is 6.42 Å². The predicted molar refractivity (Wildman–Crippen MR) is 147 cm³/mol. The van der Waals surface area contributed by atoms with Crippen molar-refractivity contribution >= 4 is 12.3 Å². The molecule has 198 valence electrons. The van der Waals surface area contributed by atoms with Gasteiger partial charge in [-0.15, -0.1) is 0 Å². The van der Waals surface area contributed by atoms with Crippen molar-refractivity contribution in [2.24, 2.45) is 10.9 Å². The third-order valence-electron chi connectivity index (χ3n) is 5.91. The van der Waals surface area contributed by atoms with E-state index in [-0.39, 0.29) is 12.5 Å². The van der Waals surface area contributed by atoms with Crippen LogP contribution in [0.4, 0.5) is 13.2 Å². The van der Waals surface area contributed by atoms with Crippen LogP contribution in [0.3, 0.4) is 0 Å². The highest BCUT2D eigenvalue weighted by Gasteiger charge is 2.40. The van der Waals surface area contributed by atoms with Gasteiger partial charge in [0, 0.05) is 13.2 Å². The van der Waals surface area contributed by atoms with Crippen molar-refractivity contribution in [3.05, 3.63) is 89.3 Å². The lowest BCUT2D eigenvalue weighted by atomic mass is 9.92. The summed E-state index contributed by atoms with van der Waals surface area (Å²) in [6.45, 7) is 14.6. The van der Waals surface area contributed by atoms with Crippen LogP contribution in [0.5, 0.6) is 0 Å². The molecule has 1 N–H and O–H groups in total. The third-order valence-corrected chi connectivity index (χ3v) is 5.91. The summed E-state index contributed by atoms with van der Waals surface area (Å²) in [5.41, 5.74) is 3.82. The Bertz CT molecular complexity index is 1010. The number of hydrogen-bond acceptors (Lipinski definition) is 3. The summed E-state index contributed by atoms with van der Waals surface area (Å²) in [5, 5.41) is 10.1. The number of aliphatic hydroxyl groups is 1. The molecule has 0 radical (unpaired) electrons. The summed E-state index contributed by atoms with van der Waals surface area (Å²) in [5.74, 6) is -1.26. The molecule has 2 atom stereocenters. The Kier molecular flexibility index (Phi) is 12.1. The average Bonchev–Trinajstić information content (AvgIpc) is 2.83. The number of aliphatic imine (C=N–C) groups is 1. The van der Waals surface area contributed by atoms with E-state index in [1.807, 2.05) is 27.1 Å². The summed E-state index contributed by atoms with van der Waals surface area (Å²) in [4.78, 5) is 6.05. The maximum atomic E-state index is 12.1. The standard InChI is InChI=1S/C20H26N2O.C8H9F3.C2H6/c1-15-8-6-9-16(12-15)17-10-7-11-18(13-17)22(5)14-19(21-4)20(2,3)23;1-6-4-2-3-5-7(6)8(9,10)11;1-2/h6-12,14,18,23H,4,13H2,1-3,5H3;2-4,7H,5H2,1H3;1-2H3/b19-14-;;. The molecule has 0 aromatic heterocycles. The van der Waals surface area contributed by atoms with Gasteiger partial charge >= 0.3 is 6.18 Å². The number of benzene rings is 1. The predicted octanol–water partition coefficient (Wildman–Crippen LogP) is 8.05. The minimum absolute atomic E-state index is 0.0891. The van der Waals surface area contributed by atoms with Gasteiger partial charge in [0.25, 0.3) is 0 Å². The number of hydrogen-bond donors (Lipinski definition) is 1. The first-order chi connectivity index (χ1) is 16.8. The number of likely N-dealkylation sites (N-methyl/N-ethyl adjacent to an activating group) is 1. The van der Waals surface area contributed by atoms with Crippen LogP contribution in [-0.2, 0) is 0 Å². The SMILES string of the molecule is C=N/C(=C\N(C)C1C=CC=C(c2cccc(C)c2)C1)C(C)(C)O.CC.CC1=CC=CCC1C(F)(F)F. The van der Waals surface area contributed by atoms with E-state index in [2.05, 4.69) is 66.0 Å². The van der Waals surface area contributed by atoms with Crippen molar-refractivity contribution in [3.8, 4) is 0 Å². The maximum absolute atomic E-state index is 12.1. The zero-order valence-electron chi connectivity index (χ0n) is 22.6. The lowest BCUT2D eigenvalue weighted by Gasteiger charge is -2.29. The number of halogens is 3. The number of aryl methyl sites for hydroxylation is 1. The van der Waals surface area contributed by atoms with Gasteiger partial charge in [-0.1, -0.05) is 85.7 Å². The van der Waals surface area contributed by atoms with Crippen molar-refractivity contribution in [3.63, 3.8) is 0 Å². The summed E-state index contributed by atoms with van der Waals surface area (Å²) >= 11 is 0. The van der Waals surface area contributed by atoms with Crippen LogP contribution in [-0.4, -0.2) is 41.6 Å². The molecular formula is C30H41F3N2O. The fourth-order valence-corrected chi connectivity index (χ4v) is 3.81. The maximum Gasteiger partial charge on any atom is 0.395 e. The van der Waals surface area contributed by atoms with Crippen LogP contribution in [0.25, 0.3) is 5.57 Å². The van der Waals surface area contributed by atoms with E-state index >= 15 is 0 Å². The number of nitrogens with zero attached hydrogens (tertiary/aromatic N) is 2. The topological polar surface area (TPSA) is 35.8 Å². The number of alkyl halides is 3. The van der Waals surface area contributed by atoms with Crippen LogP contribution in [0, 0.1) is 12.8 Å². The number of rotatable bonds is 5. The van der Waals surface area contributed by atoms with Gasteiger partial charge in [0.2, 0.25) is 0 Å². The second-order valence-corrected chi connectivity index (χ2v) is 9.28. The largest absolute Gasteiger partial charge is 0.395 e. The molecule has 6 heteroatoms. The van der Waals surface area contributed by atoms with Crippen molar-refractivity contribution < 1.29 is 18.3 Å². The molecule has 2 aliphatic carbocycles. The Hall–Kier alpha value is -2.86. The second-order valence-electron chi connectivity index (χ2n) is 9.28. The average molecular weight is 503 g/mol. The summed E-state index contributed by atoms with van der Waals surface area (Å²) < 4.78 is 36.4. The van der Waals surface area contributed by atoms with Crippen molar-refractivity contribution in [1.82, 2.24) is 4.90 Å². The molecule has 1 aromatic carbocycles. The van der Waals surface area contributed by atoms with Crippen molar-refractivity contribution in [2.75, 3.05) is 7.05 Å². The molecule has 0 spiro atoms.